The van der Waals surface area contributed by atoms with Crippen LogP contribution in [-0.2, 0) is 16.6 Å². The Bertz CT molecular complexity index is 1330. The van der Waals surface area contributed by atoms with Gasteiger partial charge in [-0.2, -0.15) is 0 Å². The van der Waals surface area contributed by atoms with Crippen LogP contribution in [-0.4, -0.2) is 46.6 Å². The molecule has 3 aromatic heterocycles. The maximum absolute atomic E-state index is 12.8. The van der Waals surface area contributed by atoms with E-state index >= 15 is 0 Å². The van der Waals surface area contributed by atoms with E-state index in [-0.39, 0.29) is 23.1 Å². The first kappa shape index (κ1) is 21.2. The van der Waals surface area contributed by atoms with Crippen molar-refractivity contribution in [3.8, 4) is 0 Å². The van der Waals surface area contributed by atoms with Crippen LogP contribution in [0.4, 0.5) is 5.82 Å². The van der Waals surface area contributed by atoms with Gasteiger partial charge in [-0.05, 0) is 40.2 Å². The van der Waals surface area contributed by atoms with Gasteiger partial charge in [0.1, 0.15) is 28.9 Å². The zero-order valence-electron chi connectivity index (χ0n) is 17.1. The van der Waals surface area contributed by atoms with Crippen molar-refractivity contribution in [3.63, 3.8) is 0 Å². The molecule has 0 unspecified atom stereocenters. The Hall–Kier alpha value is -4.06. The van der Waals surface area contributed by atoms with E-state index in [2.05, 4.69) is 19.9 Å². The van der Waals surface area contributed by atoms with E-state index in [1.807, 2.05) is 30.3 Å². The Labute approximate surface area is 185 Å². The van der Waals surface area contributed by atoms with Crippen LogP contribution in [0.15, 0.2) is 59.4 Å². The van der Waals surface area contributed by atoms with Crippen molar-refractivity contribution >= 4 is 46.5 Å². The van der Waals surface area contributed by atoms with Crippen LogP contribution in [0.5, 0.6) is 0 Å². The summed E-state index contributed by atoms with van der Waals surface area (Å²) in [4.78, 5) is 40.2. The number of carbonyl (C=O) groups excluding carboxylic acids is 1. The lowest BCUT2D eigenvalue weighted by Gasteiger charge is -2.11. The lowest BCUT2D eigenvalue weighted by Crippen LogP contribution is -2.12. The first-order chi connectivity index (χ1) is 15.5. The fraction of sp³-hybridized carbons (Fsp3) is 0.150. The summed E-state index contributed by atoms with van der Waals surface area (Å²) >= 11 is 1.04. The van der Waals surface area contributed by atoms with Crippen LogP contribution in [0.25, 0.3) is 22.9 Å². The van der Waals surface area contributed by atoms with E-state index in [9.17, 15) is 14.9 Å². The van der Waals surface area contributed by atoms with Crippen molar-refractivity contribution in [1.29, 1.82) is 0 Å². The molecule has 0 aliphatic heterocycles. The Kier molecular flexibility index (Phi) is 5.94. The molecule has 3 heterocycles. The Morgan fingerprint density at radius 3 is 2.69 bits per heavy atom. The lowest BCUT2D eigenvalue weighted by atomic mass is 10.2. The quantitative estimate of drug-likeness (QED) is 0.137. The van der Waals surface area contributed by atoms with Crippen LogP contribution < -0.4 is 0 Å². The molecule has 12 heteroatoms. The highest BCUT2D eigenvalue weighted by atomic mass is 32.2. The third-order valence-corrected chi connectivity index (χ3v) is 5.54. The monoisotopic (exact) mass is 451 g/mol. The van der Waals surface area contributed by atoms with Gasteiger partial charge in [-0.15, -0.1) is 0 Å². The zero-order chi connectivity index (χ0) is 22.7. The largest absolute Gasteiger partial charge is 0.461 e. The Morgan fingerprint density at radius 2 is 1.97 bits per heavy atom. The van der Waals surface area contributed by atoms with Crippen molar-refractivity contribution in [1.82, 2.24) is 29.1 Å². The van der Waals surface area contributed by atoms with Crippen LogP contribution in [0.1, 0.15) is 12.5 Å². The van der Waals surface area contributed by atoms with Gasteiger partial charge in [-0.3, -0.25) is 4.57 Å². The predicted octanol–water partition coefficient (Wildman–Crippen LogP) is 3.18. The molecule has 0 N–H and O–H groups in total. The molecule has 1 aromatic carbocycles. The van der Waals surface area contributed by atoms with Gasteiger partial charge in [0.15, 0.2) is 10.7 Å². The summed E-state index contributed by atoms with van der Waals surface area (Å²) in [5, 5.41) is 12.0. The third-order valence-electron chi connectivity index (χ3n) is 4.38. The van der Waals surface area contributed by atoms with Crippen LogP contribution in [0, 0.1) is 10.1 Å². The first-order valence-electron chi connectivity index (χ1n) is 9.45. The van der Waals surface area contributed by atoms with Gasteiger partial charge in [0.2, 0.25) is 6.33 Å². The van der Waals surface area contributed by atoms with Gasteiger partial charge in [-0.25, -0.2) is 19.7 Å². The number of ether oxygens (including phenoxy) is 1. The molecule has 0 radical (unpaired) electrons. The van der Waals surface area contributed by atoms with Gasteiger partial charge in [-0.1, -0.05) is 30.3 Å². The van der Waals surface area contributed by atoms with Gasteiger partial charge in [0.25, 0.3) is 0 Å². The predicted molar refractivity (Wildman–Crippen MR) is 117 cm³/mol. The van der Waals surface area contributed by atoms with Crippen molar-refractivity contribution in [3.05, 3.63) is 65.0 Å². The molecule has 0 aliphatic rings. The smallest absolute Gasteiger partial charge is 0.396 e. The minimum Gasteiger partial charge on any atom is -0.461 e. The molecule has 0 aliphatic carbocycles. The average molecular weight is 451 g/mol. The number of aryl methyl sites for hydroxylation is 1. The highest BCUT2D eigenvalue weighted by molar-refractivity contribution is 7.99. The van der Waals surface area contributed by atoms with Crippen molar-refractivity contribution in [2.45, 2.75) is 17.0 Å². The van der Waals surface area contributed by atoms with Gasteiger partial charge in [0, 0.05) is 7.05 Å². The number of nitrogens with zero attached hydrogens (tertiary/aromatic N) is 7. The highest BCUT2D eigenvalue weighted by Crippen LogP contribution is 2.36. The van der Waals surface area contributed by atoms with Crippen LogP contribution in [0.3, 0.4) is 0 Å². The molecule has 11 nitrogen and oxygen atoms in total. The third kappa shape index (κ3) is 4.07. The topological polar surface area (TPSA) is 131 Å². The molecule has 4 aromatic rings. The Morgan fingerprint density at radius 1 is 1.19 bits per heavy atom. The molecule has 162 valence electrons. The summed E-state index contributed by atoms with van der Waals surface area (Å²) in [6, 6.07) is 9.28. The van der Waals surface area contributed by atoms with Crippen molar-refractivity contribution < 1.29 is 14.5 Å². The standard InChI is InChI=1S/C20H17N7O4S/c1-3-31-20(28)14(9-13-7-5-4-6-8-13)26-12-23-16-15(26)18(22-10-21-16)32-19-17(27(29)30)24-11-25(19)2/h4-12H,3H2,1-2H3/b14-9-. The van der Waals surface area contributed by atoms with Crippen molar-refractivity contribution in [2.75, 3.05) is 6.61 Å². The maximum Gasteiger partial charge on any atom is 0.396 e. The highest BCUT2D eigenvalue weighted by Gasteiger charge is 2.25. The summed E-state index contributed by atoms with van der Waals surface area (Å²) in [6.45, 7) is 1.91. The number of imidazole rings is 2. The second-order valence-electron chi connectivity index (χ2n) is 6.47. The molecular formula is C20H17N7O4S. The Balaban J connectivity index is 1.88. The summed E-state index contributed by atoms with van der Waals surface area (Å²) in [5.41, 5.74) is 1.74. The number of hydrogen-bond donors (Lipinski definition) is 0. The minimum absolute atomic E-state index is 0.191. The van der Waals surface area contributed by atoms with Gasteiger partial charge in [0.05, 0.1) is 6.61 Å². The summed E-state index contributed by atoms with van der Waals surface area (Å²) in [6.07, 6.45) is 5.80. The summed E-state index contributed by atoms with van der Waals surface area (Å²) in [5.74, 6) is -0.845. The number of benzene rings is 1. The van der Waals surface area contributed by atoms with E-state index in [4.69, 9.17) is 4.74 Å². The SMILES string of the molecule is CCOC(=O)/C(=C/c1ccccc1)n1cnc2ncnc(Sc3c([N+](=O)[O-])ncn3C)c21. The van der Waals surface area contributed by atoms with E-state index in [0.29, 0.717) is 16.2 Å². The maximum atomic E-state index is 12.8. The lowest BCUT2D eigenvalue weighted by molar-refractivity contribution is -0.392. The minimum atomic E-state index is -0.558. The summed E-state index contributed by atoms with van der Waals surface area (Å²) in [7, 11) is 1.65. The van der Waals surface area contributed by atoms with E-state index in [0.717, 1.165) is 17.3 Å². The number of aromatic nitrogens is 6. The number of hydrogen-bond acceptors (Lipinski definition) is 9. The normalized spacial score (nSPS) is 11.6. The molecular weight excluding hydrogens is 434 g/mol. The molecule has 0 fully saturated rings. The van der Waals surface area contributed by atoms with Gasteiger partial charge >= 0.3 is 11.8 Å². The molecule has 0 saturated heterocycles. The molecule has 0 atom stereocenters. The molecule has 0 amide bonds. The number of carbonyl (C=O) groups is 1. The fourth-order valence-corrected chi connectivity index (χ4v) is 3.95. The number of rotatable bonds is 7. The first-order valence-corrected chi connectivity index (χ1v) is 10.3. The molecule has 4 rings (SSSR count). The molecule has 32 heavy (non-hydrogen) atoms. The second kappa shape index (κ2) is 8.98. The van der Waals surface area contributed by atoms with E-state index < -0.39 is 10.9 Å². The number of fused-ring (bicyclic) bond motifs is 1. The van der Waals surface area contributed by atoms with Crippen molar-refractivity contribution in [2.24, 2.45) is 7.05 Å². The fourth-order valence-electron chi connectivity index (χ4n) is 2.97. The van der Waals surface area contributed by atoms with E-state index in [1.165, 1.54) is 28.1 Å². The van der Waals surface area contributed by atoms with E-state index in [1.54, 1.807) is 20.0 Å². The zero-order valence-corrected chi connectivity index (χ0v) is 17.9. The molecule has 0 saturated carbocycles. The second-order valence-corrected chi connectivity index (χ2v) is 7.45. The van der Waals surface area contributed by atoms with Crippen LogP contribution >= 0.6 is 11.8 Å². The van der Waals surface area contributed by atoms with Crippen LogP contribution in [0.2, 0.25) is 0 Å². The number of esters is 1. The van der Waals surface area contributed by atoms with Gasteiger partial charge < -0.3 is 19.4 Å². The average Bonchev–Trinajstić information content (AvgIpc) is 3.37. The molecule has 0 spiro atoms. The molecule has 0 bridgehead atoms. The summed E-state index contributed by atoms with van der Waals surface area (Å²) < 4.78 is 8.32. The number of nitro groups is 1.